The van der Waals surface area contributed by atoms with Gasteiger partial charge >= 0.3 is 0 Å². The third-order valence-corrected chi connectivity index (χ3v) is 3.86. The molecule has 0 saturated carbocycles. The van der Waals surface area contributed by atoms with Gasteiger partial charge in [0.05, 0.1) is 24.0 Å². The zero-order chi connectivity index (χ0) is 14.7. The van der Waals surface area contributed by atoms with Crippen LogP contribution >= 0.6 is 11.5 Å². The minimum absolute atomic E-state index is 0.549. The van der Waals surface area contributed by atoms with Crippen LogP contribution < -0.4 is 4.74 Å². The lowest BCUT2D eigenvalue weighted by molar-refractivity contribution is 0.146. The number of hydrogen-bond donors (Lipinski definition) is 0. The van der Waals surface area contributed by atoms with Crippen molar-refractivity contribution in [1.82, 2.24) is 9.36 Å². The molecule has 3 rings (SSSR count). The molecule has 0 bridgehead atoms. The number of fused-ring (bicyclic) bond motifs is 1. The topological polar surface area (TPSA) is 44.2 Å². The van der Waals surface area contributed by atoms with Crippen LogP contribution in [-0.2, 0) is 4.74 Å². The van der Waals surface area contributed by atoms with Gasteiger partial charge in [0.25, 0.3) is 0 Å². The van der Waals surface area contributed by atoms with E-state index in [1.807, 2.05) is 29.8 Å². The SMILES string of the molecule is COCCOc1ccc2nc(-c3cnsc3)cc(C)c2c1. The summed E-state index contributed by atoms with van der Waals surface area (Å²) in [5.74, 6) is 0.842. The van der Waals surface area contributed by atoms with Gasteiger partial charge < -0.3 is 9.47 Å². The molecule has 21 heavy (non-hydrogen) atoms. The smallest absolute Gasteiger partial charge is 0.120 e. The molecule has 2 heterocycles. The molecular weight excluding hydrogens is 284 g/mol. The normalized spacial score (nSPS) is 11.0. The highest BCUT2D eigenvalue weighted by Gasteiger charge is 2.07. The summed E-state index contributed by atoms with van der Waals surface area (Å²) in [4.78, 5) is 4.70. The van der Waals surface area contributed by atoms with Gasteiger partial charge in [0.1, 0.15) is 12.4 Å². The Morgan fingerprint density at radius 1 is 1.19 bits per heavy atom. The van der Waals surface area contributed by atoms with Crippen LogP contribution in [0.5, 0.6) is 5.75 Å². The summed E-state index contributed by atoms with van der Waals surface area (Å²) in [5.41, 5.74) is 4.17. The van der Waals surface area contributed by atoms with Crippen molar-refractivity contribution in [3.05, 3.63) is 41.4 Å². The summed E-state index contributed by atoms with van der Waals surface area (Å²) < 4.78 is 14.8. The van der Waals surface area contributed by atoms with E-state index in [0.29, 0.717) is 13.2 Å². The Balaban J connectivity index is 1.95. The largest absolute Gasteiger partial charge is 0.491 e. The minimum Gasteiger partial charge on any atom is -0.491 e. The summed E-state index contributed by atoms with van der Waals surface area (Å²) >= 11 is 1.44. The first-order valence-electron chi connectivity index (χ1n) is 6.71. The van der Waals surface area contributed by atoms with Crippen molar-refractivity contribution < 1.29 is 9.47 Å². The van der Waals surface area contributed by atoms with Gasteiger partial charge in [-0.25, -0.2) is 9.36 Å². The fraction of sp³-hybridized carbons (Fsp3) is 0.250. The van der Waals surface area contributed by atoms with Crippen molar-refractivity contribution >= 4 is 22.4 Å². The molecule has 0 radical (unpaired) electrons. The third kappa shape index (κ3) is 3.04. The Morgan fingerprint density at radius 2 is 2.10 bits per heavy atom. The number of methoxy groups -OCH3 is 1. The molecule has 0 fully saturated rings. The quantitative estimate of drug-likeness (QED) is 0.674. The van der Waals surface area contributed by atoms with E-state index in [-0.39, 0.29) is 0 Å². The molecule has 0 atom stereocenters. The predicted molar refractivity (Wildman–Crippen MR) is 85.0 cm³/mol. The van der Waals surface area contributed by atoms with E-state index in [4.69, 9.17) is 14.5 Å². The second-order valence-corrected chi connectivity index (χ2v) is 5.42. The van der Waals surface area contributed by atoms with Crippen LogP contribution in [0, 0.1) is 6.92 Å². The van der Waals surface area contributed by atoms with Crippen molar-refractivity contribution in [2.24, 2.45) is 0 Å². The van der Waals surface area contributed by atoms with Gasteiger partial charge in [-0.3, -0.25) is 0 Å². The molecule has 0 unspecified atom stereocenters. The van der Waals surface area contributed by atoms with Gasteiger partial charge in [0.15, 0.2) is 0 Å². The Morgan fingerprint density at radius 3 is 2.86 bits per heavy atom. The monoisotopic (exact) mass is 300 g/mol. The highest BCUT2D eigenvalue weighted by molar-refractivity contribution is 7.03. The fourth-order valence-corrected chi connectivity index (χ4v) is 2.72. The van der Waals surface area contributed by atoms with E-state index in [1.54, 1.807) is 7.11 Å². The molecule has 108 valence electrons. The molecule has 4 nitrogen and oxygen atoms in total. The van der Waals surface area contributed by atoms with Gasteiger partial charge in [-0.05, 0) is 48.3 Å². The van der Waals surface area contributed by atoms with Crippen molar-refractivity contribution in [2.75, 3.05) is 20.3 Å². The maximum Gasteiger partial charge on any atom is 0.120 e. The Hall–Kier alpha value is -1.98. The van der Waals surface area contributed by atoms with E-state index in [0.717, 1.165) is 27.9 Å². The number of benzene rings is 1. The zero-order valence-electron chi connectivity index (χ0n) is 12.0. The number of aryl methyl sites for hydroxylation is 1. The van der Waals surface area contributed by atoms with Gasteiger partial charge in [-0.1, -0.05) is 0 Å². The van der Waals surface area contributed by atoms with Crippen LogP contribution in [-0.4, -0.2) is 29.7 Å². The zero-order valence-corrected chi connectivity index (χ0v) is 12.8. The lowest BCUT2D eigenvalue weighted by Crippen LogP contribution is -2.04. The van der Waals surface area contributed by atoms with Crippen molar-refractivity contribution in [3.63, 3.8) is 0 Å². The highest BCUT2D eigenvalue weighted by Crippen LogP contribution is 2.27. The maximum absolute atomic E-state index is 5.65. The van der Waals surface area contributed by atoms with Crippen molar-refractivity contribution in [1.29, 1.82) is 0 Å². The number of ether oxygens (including phenoxy) is 2. The molecular formula is C16H16N2O2S. The first-order valence-corrected chi connectivity index (χ1v) is 7.54. The Kier molecular flexibility index (Phi) is 4.13. The second-order valence-electron chi connectivity index (χ2n) is 4.76. The molecule has 0 aliphatic carbocycles. The summed E-state index contributed by atoms with van der Waals surface area (Å²) in [6.45, 7) is 3.22. The average molecular weight is 300 g/mol. The van der Waals surface area contributed by atoms with Crippen LogP contribution in [0.15, 0.2) is 35.8 Å². The molecule has 0 amide bonds. The predicted octanol–water partition coefficient (Wildman–Crippen LogP) is 3.69. The van der Waals surface area contributed by atoms with Gasteiger partial charge in [-0.2, -0.15) is 0 Å². The molecule has 0 saturated heterocycles. The maximum atomic E-state index is 5.65. The molecule has 1 aromatic carbocycles. The molecule has 0 aliphatic rings. The van der Waals surface area contributed by atoms with E-state index in [2.05, 4.69) is 17.4 Å². The fourth-order valence-electron chi connectivity index (χ4n) is 2.19. The Bertz CT molecular complexity index is 741. The highest BCUT2D eigenvalue weighted by atomic mass is 32.1. The summed E-state index contributed by atoms with van der Waals surface area (Å²) in [5, 5.41) is 3.12. The van der Waals surface area contributed by atoms with E-state index < -0.39 is 0 Å². The van der Waals surface area contributed by atoms with Crippen LogP contribution in [0.4, 0.5) is 0 Å². The number of pyridine rings is 1. The van der Waals surface area contributed by atoms with Crippen molar-refractivity contribution in [2.45, 2.75) is 6.92 Å². The molecule has 0 N–H and O–H groups in total. The first-order chi connectivity index (χ1) is 10.3. The second kappa shape index (κ2) is 6.20. The average Bonchev–Trinajstić information content (AvgIpc) is 3.02. The summed E-state index contributed by atoms with van der Waals surface area (Å²) in [6.07, 6.45) is 1.85. The van der Waals surface area contributed by atoms with E-state index in [9.17, 15) is 0 Å². The van der Waals surface area contributed by atoms with Crippen LogP contribution in [0.1, 0.15) is 5.56 Å². The molecule has 3 aromatic rings. The lowest BCUT2D eigenvalue weighted by atomic mass is 10.1. The third-order valence-electron chi connectivity index (χ3n) is 3.27. The minimum atomic E-state index is 0.549. The number of rotatable bonds is 5. The lowest BCUT2D eigenvalue weighted by Gasteiger charge is -2.09. The number of hydrogen-bond acceptors (Lipinski definition) is 5. The molecule has 5 heteroatoms. The number of nitrogens with zero attached hydrogens (tertiary/aromatic N) is 2. The van der Waals surface area contributed by atoms with E-state index >= 15 is 0 Å². The van der Waals surface area contributed by atoms with Gasteiger partial charge in [0.2, 0.25) is 0 Å². The summed E-state index contributed by atoms with van der Waals surface area (Å²) in [7, 11) is 1.67. The van der Waals surface area contributed by atoms with Crippen molar-refractivity contribution in [3.8, 4) is 17.0 Å². The van der Waals surface area contributed by atoms with E-state index in [1.165, 1.54) is 17.1 Å². The van der Waals surface area contributed by atoms with Gasteiger partial charge in [-0.15, -0.1) is 0 Å². The summed E-state index contributed by atoms with van der Waals surface area (Å²) in [6, 6.07) is 8.06. The van der Waals surface area contributed by atoms with Crippen LogP contribution in [0.25, 0.3) is 22.2 Å². The van der Waals surface area contributed by atoms with Crippen LogP contribution in [0.3, 0.4) is 0 Å². The standard InChI is InChI=1S/C16H16N2O2S/c1-11-7-16(12-9-17-21-10-12)18-15-4-3-13(8-14(11)15)20-6-5-19-2/h3-4,7-10H,5-6H2,1-2H3. The first kappa shape index (κ1) is 14.0. The van der Waals surface area contributed by atoms with Gasteiger partial charge in [0, 0.05) is 23.4 Å². The molecule has 0 spiro atoms. The molecule has 0 aliphatic heterocycles. The molecule has 2 aromatic heterocycles. The van der Waals surface area contributed by atoms with Crippen LogP contribution in [0.2, 0.25) is 0 Å². The number of aromatic nitrogens is 2. The Labute approximate surface area is 127 Å².